The number of likely N-dealkylation sites (tertiary alicyclic amines) is 1. The van der Waals surface area contributed by atoms with E-state index in [0.29, 0.717) is 0 Å². The van der Waals surface area contributed by atoms with E-state index in [2.05, 4.69) is 11.9 Å². The summed E-state index contributed by atoms with van der Waals surface area (Å²) in [6, 6.07) is 0. The summed E-state index contributed by atoms with van der Waals surface area (Å²) in [5.74, 6) is 3.09. The molecule has 0 aromatic heterocycles. The van der Waals surface area contributed by atoms with E-state index in [1.54, 1.807) is 0 Å². The third-order valence-corrected chi connectivity index (χ3v) is 4.04. The zero-order valence-electron chi connectivity index (χ0n) is 9.54. The van der Waals surface area contributed by atoms with Crippen molar-refractivity contribution in [1.82, 2.24) is 4.90 Å². The number of ether oxygens (including phenoxy) is 1. The molecule has 1 aliphatic heterocycles. The van der Waals surface area contributed by atoms with Gasteiger partial charge in [0.15, 0.2) is 0 Å². The zero-order chi connectivity index (χ0) is 9.97. The van der Waals surface area contributed by atoms with E-state index in [4.69, 9.17) is 4.74 Å². The Bertz CT molecular complexity index is 175. The lowest BCUT2D eigenvalue weighted by molar-refractivity contribution is 0.175. The monoisotopic (exact) mass is 197 g/mol. The average molecular weight is 197 g/mol. The Morgan fingerprint density at radius 2 is 2.00 bits per heavy atom. The fraction of sp³-hybridized carbons (Fsp3) is 1.00. The Morgan fingerprint density at radius 1 is 1.29 bits per heavy atom. The van der Waals surface area contributed by atoms with Crippen molar-refractivity contribution in [2.24, 2.45) is 17.8 Å². The van der Waals surface area contributed by atoms with E-state index >= 15 is 0 Å². The lowest BCUT2D eigenvalue weighted by Gasteiger charge is -2.29. The number of hydrogen-bond donors (Lipinski definition) is 0. The molecule has 0 radical (unpaired) electrons. The molecule has 2 fully saturated rings. The van der Waals surface area contributed by atoms with E-state index in [-0.39, 0.29) is 0 Å². The number of nitrogens with zero attached hydrogens (tertiary/aromatic N) is 1. The highest BCUT2D eigenvalue weighted by molar-refractivity contribution is 4.92. The fourth-order valence-corrected chi connectivity index (χ4v) is 2.91. The Morgan fingerprint density at radius 3 is 2.64 bits per heavy atom. The van der Waals surface area contributed by atoms with Crippen LogP contribution in [0, 0.1) is 17.8 Å². The molecule has 0 spiro atoms. The minimum atomic E-state index is 0.966. The van der Waals surface area contributed by atoms with E-state index in [1.165, 1.54) is 38.8 Å². The highest BCUT2D eigenvalue weighted by atomic mass is 16.5. The molecule has 0 N–H and O–H groups in total. The van der Waals surface area contributed by atoms with Gasteiger partial charge in [-0.1, -0.05) is 0 Å². The van der Waals surface area contributed by atoms with Crippen LogP contribution in [0.3, 0.4) is 0 Å². The molecular weight excluding hydrogens is 174 g/mol. The van der Waals surface area contributed by atoms with Gasteiger partial charge in [0.25, 0.3) is 0 Å². The van der Waals surface area contributed by atoms with Gasteiger partial charge in [-0.15, -0.1) is 0 Å². The maximum absolute atomic E-state index is 5.14. The summed E-state index contributed by atoms with van der Waals surface area (Å²) < 4.78 is 5.14. The van der Waals surface area contributed by atoms with Crippen LogP contribution in [0.4, 0.5) is 0 Å². The standard InChI is InChI=1S/C12H23NO/c1-13-6-3-10(4-7-13)12-9-11(12)5-8-14-2/h10-12H,3-9H2,1-2H3. The van der Waals surface area contributed by atoms with Gasteiger partial charge in [0.2, 0.25) is 0 Å². The summed E-state index contributed by atoms with van der Waals surface area (Å²) in [4.78, 5) is 2.46. The van der Waals surface area contributed by atoms with Gasteiger partial charge in [-0.05, 0) is 63.6 Å². The second-order valence-electron chi connectivity index (χ2n) is 5.08. The quantitative estimate of drug-likeness (QED) is 0.683. The molecule has 1 saturated heterocycles. The van der Waals surface area contributed by atoms with E-state index in [1.807, 2.05) is 7.11 Å². The van der Waals surface area contributed by atoms with Crippen LogP contribution in [-0.2, 0) is 4.74 Å². The van der Waals surface area contributed by atoms with Gasteiger partial charge in [0.05, 0.1) is 0 Å². The Labute approximate surface area is 87.6 Å². The fourth-order valence-electron chi connectivity index (χ4n) is 2.91. The highest BCUT2D eigenvalue weighted by Gasteiger charge is 2.42. The third kappa shape index (κ3) is 2.48. The van der Waals surface area contributed by atoms with Crippen molar-refractivity contribution in [3.05, 3.63) is 0 Å². The summed E-state index contributed by atoms with van der Waals surface area (Å²) >= 11 is 0. The summed E-state index contributed by atoms with van der Waals surface area (Å²) in [5.41, 5.74) is 0. The van der Waals surface area contributed by atoms with Crippen molar-refractivity contribution in [2.75, 3.05) is 33.9 Å². The molecule has 1 heterocycles. The summed E-state index contributed by atoms with van der Waals surface area (Å²) in [5, 5.41) is 0. The highest BCUT2D eigenvalue weighted by Crippen LogP contribution is 2.49. The van der Waals surface area contributed by atoms with Gasteiger partial charge in [0, 0.05) is 13.7 Å². The Balaban J connectivity index is 1.66. The van der Waals surface area contributed by atoms with Crippen LogP contribution < -0.4 is 0 Å². The smallest absolute Gasteiger partial charge is 0.0465 e. The van der Waals surface area contributed by atoms with Crippen molar-refractivity contribution in [2.45, 2.75) is 25.7 Å². The molecule has 14 heavy (non-hydrogen) atoms. The van der Waals surface area contributed by atoms with Crippen molar-refractivity contribution in [1.29, 1.82) is 0 Å². The summed E-state index contributed by atoms with van der Waals surface area (Å²) in [6.45, 7) is 3.60. The predicted molar refractivity (Wildman–Crippen MR) is 58.3 cm³/mol. The molecule has 2 rings (SSSR count). The summed E-state index contributed by atoms with van der Waals surface area (Å²) in [6.07, 6.45) is 5.65. The maximum Gasteiger partial charge on any atom is 0.0465 e. The average Bonchev–Trinajstić information content (AvgIpc) is 2.95. The van der Waals surface area contributed by atoms with Gasteiger partial charge >= 0.3 is 0 Å². The second kappa shape index (κ2) is 4.63. The first-order valence-corrected chi connectivity index (χ1v) is 5.98. The molecule has 1 aliphatic carbocycles. The van der Waals surface area contributed by atoms with Crippen LogP contribution in [0.5, 0.6) is 0 Å². The number of piperidine rings is 1. The Hall–Kier alpha value is -0.0800. The molecule has 82 valence electrons. The number of methoxy groups -OCH3 is 1. The molecule has 0 amide bonds. The van der Waals surface area contributed by atoms with Gasteiger partial charge in [-0.3, -0.25) is 0 Å². The molecule has 0 aromatic rings. The molecule has 2 heteroatoms. The maximum atomic E-state index is 5.14. The van der Waals surface area contributed by atoms with Gasteiger partial charge < -0.3 is 9.64 Å². The largest absolute Gasteiger partial charge is 0.385 e. The first kappa shape index (κ1) is 10.4. The van der Waals surface area contributed by atoms with Crippen LogP contribution in [0.2, 0.25) is 0 Å². The van der Waals surface area contributed by atoms with Crippen molar-refractivity contribution >= 4 is 0 Å². The van der Waals surface area contributed by atoms with E-state index < -0.39 is 0 Å². The number of hydrogen-bond acceptors (Lipinski definition) is 2. The van der Waals surface area contributed by atoms with E-state index in [9.17, 15) is 0 Å². The lowest BCUT2D eigenvalue weighted by Crippen LogP contribution is -2.31. The van der Waals surface area contributed by atoms with Crippen LogP contribution in [-0.4, -0.2) is 38.8 Å². The molecule has 2 unspecified atom stereocenters. The van der Waals surface area contributed by atoms with Gasteiger partial charge in [-0.25, -0.2) is 0 Å². The van der Waals surface area contributed by atoms with Crippen LogP contribution in [0.1, 0.15) is 25.7 Å². The predicted octanol–water partition coefficient (Wildman–Crippen LogP) is 2.00. The van der Waals surface area contributed by atoms with Crippen molar-refractivity contribution in [3.8, 4) is 0 Å². The minimum absolute atomic E-state index is 0.966. The Kier molecular flexibility index (Phi) is 3.45. The van der Waals surface area contributed by atoms with Crippen molar-refractivity contribution < 1.29 is 4.74 Å². The molecule has 2 aliphatic rings. The second-order valence-corrected chi connectivity index (χ2v) is 5.08. The molecule has 1 saturated carbocycles. The SMILES string of the molecule is COCCC1CC1C1CCN(C)CC1. The van der Waals surface area contributed by atoms with Gasteiger partial charge in [-0.2, -0.15) is 0 Å². The summed E-state index contributed by atoms with van der Waals surface area (Å²) in [7, 11) is 4.05. The molecule has 0 aromatic carbocycles. The van der Waals surface area contributed by atoms with Crippen LogP contribution in [0.15, 0.2) is 0 Å². The first-order chi connectivity index (χ1) is 6.81. The van der Waals surface area contributed by atoms with Gasteiger partial charge in [0.1, 0.15) is 0 Å². The van der Waals surface area contributed by atoms with Crippen molar-refractivity contribution in [3.63, 3.8) is 0 Å². The van der Waals surface area contributed by atoms with Crippen LogP contribution in [0.25, 0.3) is 0 Å². The third-order valence-electron chi connectivity index (χ3n) is 4.04. The molecule has 0 bridgehead atoms. The lowest BCUT2D eigenvalue weighted by atomic mass is 9.91. The minimum Gasteiger partial charge on any atom is -0.385 e. The molecule has 2 atom stereocenters. The molecule has 2 nitrogen and oxygen atoms in total. The zero-order valence-corrected chi connectivity index (χ0v) is 9.54. The van der Waals surface area contributed by atoms with Crippen LogP contribution >= 0.6 is 0 Å². The van der Waals surface area contributed by atoms with E-state index in [0.717, 1.165) is 24.4 Å². The normalized spacial score (nSPS) is 34.7. The topological polar surface area (TPSA) is 12.5 Å². The number of rotatable bonds is 4. The first-order valence-electron chi connectivity index (χ1n) is 5.98. The molecular formula is C12H23NO.